The van der Waals surface area contributed by atoms with Crippen molar-refractivity contribution in [3.8, 4) is 0 Å². The van der Waals surface area contributed by atoms with Crippen molar-refractivity contribution in [2.75, 3.05) is 12.8 Å². The predicted molar refractivity (Wildman–Crippen MR) is 61.4 cm³/mol. The van der Waals surface area contributed by atoms with Gasteiger partial charge in [0, 0.05) is 25.2 Å². The Morgan fingerprint density at radius 2 is 2.13 bits per heavy atom. The first-order chi connectivity index (χ1) is 7.13. The Morgan fingerprint density at radius 1 is 1.40 bits per heavy atom. The van der Waals surface area contributed by atoms with E-state index in [9.17, 15) is 0 Å². The molecule has 0 saturated carbocycles. The average molecular weight is 202 g/mol. The number of anilines is 1. The van der Waals surface area contributed by atoms with Gasteiger partial charge in [0.15, 0.2) is 5.49 Å². The molecule has 2 rings (SSSR count). The molecule has 0 saturated heterocycles. The number of hydrogen-bond donors (Lipinski definition) is 1. The molecule has 0 aliphatic carbocycles. The highest BCUT2D eigenvalue weighted by molar-refractivity contribution is 5.81. The maximum Gasteiger partial charge on any atom is 0.158 e. The number of fused-ring (bicyclic) bond motifs is 1. The van der Waals surface area contributed by atoms with Gasteiger partial charge < -0.3 is 10.3 Å². The summed E-state index contributed by atoms with van der Waals surface area (Å²) in [6, 6.07) is 5.79. The molecule has 0 fully saturated rings. The summed E-state index contributed by atoms with van der Waals surface area (Å²) < 4.78 is 2.03. The molecule has 4 heteroatoms. The van der Waals surface area contributed by atoms with E-state index in [1.54, 1.807) is 7.05 Å². The number of nitrogens with zero attached hydrogens (tertiary/aromatic N) is 3. The van der Waals surface area contributed by atoms with Gasteiger partial charge in [0.1, 0.15) is 5.82 Å². The van der Waals surface area contributed by atoms with E-state index in [2.05, 4.69) is 9.98 Å². The summed E-state index contributed by atoms with van der Waals surface area (Å²) in [5.74, 6) is 0.938. The minimum Gasteiger partial charge on any atom is -0.399 e. The highest BCUT2D eigenvalue weighted by atomic mass is 15.0. The summed E-state index contributed by atoms with van der Waals surface area (Å²) in [6.07, 6.45) is 0. The summed E-state index contributed by atoms with van der Waals surface area (Å²) in [5, 5.41) is 0.991. The lowest BCUT2D eigenvalue weighted by atomic mass is 10.2. The van der Waals surface area contributed by atoms with Crippen LogP contribution in [0.3, 0.4) is 0 Å². The Balaban J connectivity index is 3.04. The van der Waals surface area contributed by atoms with Crippen molar-refractivity contribution in [1.82, 2.24) is 9.55 Å². The molecule has 2 aromatic rings. The standard InChI is InChI=1S/C11H14N4/c1-7-14-11(13-2)9-6-8(12)4-5-10(9)15(7)3/h4-6H,12H2,1-3H3. The van der Waals surface area contributed by atoms with Crippen LogP contribution in [0.25, 0.3) is 10.9 Å². The summed E-state index contributed by atoms with van der Waals surface area (Å²) in [7, 11) is 3.73. The molecule has 0 unspecified atom stereocenters. The van der Waals surface area contributed by atoms with Crippen LogP contribution in [0.5, 0.6) is 0 Å². The second-order valence-corrected chi connectivity index (χ2v) is 3.54. The van der Waals surface area contributed by atoms with E-state index >= 15 is 0 Å². The zero-order valence-corrected chi connectivity index (χ0v) is 9.15. The van der Waals surface area contributed by atoms with E-state index in [1.807, 2.05) is 36.7 Å². The molecule has 1 aromatic heterocycles. The van der Waals surface area contributed by atoms with Crippen LogP contribution in [0.1, 0.15) is 5.82 Å². The van der Waals surface area contributed by atoms with Crippen molar-refractivity contribution in [3.05, 3.63) is 29.5 Å². The van der Waals surface area contributed by atoms with Gasteiger partial charge in [-0.05, 0) is 25.1 Å². The lowest BCUT2D eigenvalue weighted by molar-refractivity contribution is 0.831. The third-order valence-electron chi connectivity index (χ3n) is 2.59. The largest absolute Gasteiger partial charge is 0.399 e. The van der Waals surface area contributed by atoms with Gasteiger partial charge in [-0.2, -0.15) is 0 Å². The number of aromatic nitrogens is 2. The van der Waals surface area contributed by atoms with Crippen molar-refractivity contribution in [2.45, 2.75) is 6.92 Å². The zero-order valence-electron chi connectivity index (χ0n) is 9.15. The Bertz CT molecular complexity index is 581. The molecule has 78 valence electrons. The maximum atomic E-state index is 5.76. The SMILES string of the molecule is CN=c1nc(C)n(C)c2ccc(N)cc12. The molecular weight excluding hydrogens is 188 g/mol. The van der Waals surface area contributed by atoms with E-state index in [4.69, 9.17) is 5.73 Å². The Hall–Kier alpha value is -1.84. The van der Waals surface area contributed by atoms with E-state index in [0.717, 1.165) is 27.9 Å². The number of hydrogen-bond acceptors (Lipinski definition) is 3. The molecule has 1 heterocycles. The van der Waals surface area contributed by atoms with Crippen LogP contribution in [0.2, 0.25) is 0 Å². The van der Waals surface area contributed by atoms with E-state index in [0.29, 0.717) is 0 Å². The number of benzene rings is 1. The first-order valence-corrected chi connectivity index (χ1v) is 4.79. The van der Waals surface area contributed by atoms with Crippen molar-refractivity contribution in [2.24, 2.45) is 12.0 Å². The summed E-state index contributed by atoms with van der Waals surface area (Å²) in [6.45, 7) is 1.96. The Kier molecular flexibility index (Phi) is 2.19. The van der Waals surface area contributed by atoms with E-state index in [-0.39, 0.29) is 0 Å². The van der Waals surface area contributed by atoms with Gasteiger partial charge in [-0.15, -0.1) is 0 Å². The average Bonchev–Trinajstić information content (AvgIpc) is 2.23. The fraction of sp³-hybridized carbons (Fsp3) is 0.273. The third kappa shape index (κ3) is 1.48. The van der Waals surface area contributed by atoms with E-state index in [1.165, 1.54) is 0 Å². The molecule has 1 aromatic carbocycles. The number of aryl methyl sites for hydroxylation is 2. The molecular formula is C11H14N4. The third-order valence-corrected chi connectivity index (χ3v) is 2.59. The van der Waals surface area contributed by atoms with Gasteiger partial charge in [0.05, 0.1) is 5.52 Å². The topological polar surface area (TPSA) is 56.2 Å². The molecule has 15 heavy (non-hydrogen) atoms. The van der Waals surface area contributed by atoms with Crippen LogP contribution in [0.15, 0.2) is 23.2 Å². The second kappa shape index (κ2) is 3.38. The fourth-order valence-corrected chi connectivity index (χ4v) is 1.66. The Morgan fingerprint density at radius 3 is 2.80 bits per heavy atom. The van der Waals surface area contributed by atoms with E-state index < -0.39 is 0 Å². The van der Waals surface area contributed by atoms with Crippen LogP contribution in [-0.2, 0) is 7.05 Å². The van der Waals surface area contributed by atoms with Crippen molar-refractivity contribution in [1.29, 1.82) is 0 Å². The molecule has 0 aliphatic heterocycles. The summed E-state index contributed by atoms with van der Waals surface area (Å²) >= 11 is 0. The fourth-order valence-electron chi connectivity index (χ4n) is 1.66. The zero-order chi connectivity index (χ0) is 11.0. The number of rotatable bonds is 0. The first-order valence-electron chi connectivity index (χ1n) is 4.79. The van der Waals surface area contributed by atoms with Crippen molar-refractivity contribution >= 4 is 16.6 Å². The van der Waals surface area contributed by atoms with Gasteiger partial charge in [0.2, 0.25) is 0 Å². The molecule has 0 spiro atoms. The van der Waals surface area contributed by atoms with Gasteiger partial charge in [-0.1, -0.05) is 0 Å². The molecule has 0 bridgehead atoms. The normalized spacial score (nSPS) is 12.3. The van der Waals surface area contributed by atoms with Crippen molar-refractivity contribution < 1.29 is 0 Å². The molecule has 0 amide bonds. The van der Waals surface area contributed by atoms with Gasteiger partial charge in [-0.3, -0.25) is 4.99 Å². The minimum absolute atomic E-state index is 0.734. The van der Waals surface area contributed by atoms with Crippen LogP contribution in [0.4, 0.5) is 5.69 Å². The van der Waals surface area contributed by atoms with Gasteiger partial charge in [-0.25, -0.2) is 4.98 Å². The monoisotopic (exact) mass is 202 g/mol. The minimum atomic E-state index is 0.734. The molecule has 4 nitrogen and oxygen atoms in total. The summed E-state index contributed by atoms with van der Waals surface area (Å²) in [4.78, 5) is 8.56. The highest BCUT2D eigenvalue weighted by Crippen LogP contribution is 2.13. The molecule has 0 atom stereocenters. The first kappa shape index (κ1) is 9.71. The quantitative estimate of drug-likeness (QED) is 0.648. The number of nitrogen functional groups attached to an aromatic ring is 1. The molecule has 0 aliphatic rings. The van der Waals surface area contributed by atoms with Crippen LogP contribution < -0.4 is 11.2 Å². The van der Waals surface area contributed by atoms with Gasteiger partial charge in [0.25, 0.3) is 0 Å². The lowest BCUT2D eigenvalue weighted by Crippen LogP contribution is -2.16. The number of nitrogens with two attached hydrogens (primary N) is 1. The van der Waals surface area contributed by atoms with Crippen LogP contribution >= 0.6 is 0 Å². The molecule has 2 N–H and O–H groups in total. The lowest BCUT2D eigenvalue weighted by Gasteiger charge is -2.09. The predicted octanol–water partition coefficient (Wildman–Crippen LogP) is 0.994. The molecule has 0 radical (unpaired) electrons. The smallest absolute Gasteiger partial charge is 0.158 e. The van der Waals surface area contributed by atoms with Gasteiger partial charge >= 0.3 is 0 Å². The van der Waals surface area contributed by atoms with Crippen LogP contribution in [-0.4, -0.2) is 16.6 Å². The van der Waals surface area contributed by atoms with Crippen LogP contribution in [0, 0.1) is 6.92 Å². The second-order valence-electron chi connectivity index (χ2n) is 3.54. The maximum absolute atomic E-state index is 5.76. The van der Waals surface area contributed by atoms with Crippen molar-refractivity contribution in [3.63, 3.8) is 0 Å². The summed E-state index contributed by atoms with van der Waals surface area (Å²) in [5.41, 5.74) is 8.33. The highest BCUT2D eigenvalue weighted by Gasteiger charge is 2.03. The Labute approximate surface area is 88.1 Å².